The van der Waals surface area contributed by atoms with E-state index in [1.54, 1.807) is 36.4 Å². The first kappa shape index (κ1) is 21.8. The molecule has 4 aromatic rings. The lowest BCUT2D eigenvalue weighted by atomic mass is 10.1. The Morgan fingerprint density at radius 2 is 1.66 bits per heavy atom. The van der Waals surface area contributed by atoms with Crippen LogP contribution in [0.15, 0.2) is 82.7 Å². The highest BCUT2D eigenvalue weighted by Gasteiger charge is 2.08. The highest BCUT2D eigenvalue weighted by atomic mass is 35.5. The van der Waals surface area contributed by atoms with Gasteiger partial charge in [0.15, 0.2) is 9.84 Å². The lowest BCUT2D eigenvalue weighted by Gasteiger charge is -2.08. The molecule has 1 aromatic heterocycles. The van der Waals surface area contributed by atoms with Gasteiger partial charge >= 0.3 is 0 Å². The summed E-state index contributed by atoms with van der Waals surface area (Å²) in [5, 5.41) is 1.17. The van der Waals surface area contributed by atoms with Gasteiger partial charge in [0.25, 0.3) is 5.56 Å². The lowest BCUT2D eigenvalue weighted by molar-refractivity contribution is 0.602. The van der Waals surface area contributed by atoms with Crippen molar-refractivity contribution in [2.75, 3.05) is 6.26 Å². The maximum Gasteiger partial charge on any atom is 0.261 e. The Kier molecular flexibility index (Phi) is 6.13. The summed E-state index contributed by atoms with van der Waals surface area (Å²) in [6, 6.07) is 19.4. The Morgan fingerprint density at radius 1 is 0.969 bits per heavy atom. The Bertz CT molecular complexity index is 1510. The fourth-order valence-electron chi connectivity index (χ4n) is 3.24. The van der Waals surface area contributed by atoms with Gasteiger partial charge in [0.1, 0.15) is 0 Å². The van der Waals surface area contributed by atoms with Gasteiger partial charge < -0.3 is 0 Å². The first-order valence-corrected chi connectivity index (χ1v) is 12.1. The van der Waals surface area contributed by atoms with Crippen molar-refractivity contribution in [3.05, 3.63) is 105 Å². The number of fused-ring (bicyclic) bond motifs is 1. The lowest BCUT2D eigenvalue weighted by Crippen LogP contribution is -2.21. The molecule has 3 aromatic carbocycles. The molecule has 0 bridgehead atoms. The van der Waals surface area contributed by atoms with Gasteiger partial charge in [-0.05, 0) is 53.6 Å². The topological polar surface area (TPSA) is 69.0 Å². The number of hydrogen-bond acceptors (Lipinski definition) is 4. The average Bonchev–Trinajstić information content (AvgIpc) is 2.77. The van der Waals surface area contributed by atoms with Gasteiger partial charge in [0.05, 0.1) is 28.7 Å². The number of rotatable bonds is 4. The van der Waals surface area contributed by atoms with Crippen LogP contribution in [0.4, 0.5) is 0 Å². The largest absolute Gasteiger partial charge is 0.294 e. The molecule has 160 valence electrons. The number of benzene rings is 3. The minimum absolute atomic E-state index is 0.177. The summed E-state index contributed by atoms with van der Waals surface area (Å²) in [6.07, 6.45) is 3.24. The third-order valence-corrected chi connectivity index (χ3v) is 6.35. The quantitative estimate of drug-likeness (QED) is 0.428. The van der Waals surface area contributed by atoms with Crippen molar-refractivity contribution >= 4 is 32.3 Å². The van der Waals surface area contributed by atoms with Crippen molar-refractivity contribution in [3.8, 4) is 11.8 Å². The van der Waals surface area contributed by atoms with Crippen LogP contribution in [-0.4, -0.2) is 24.2 Å². The second-order valence-electron chi connectivity index (χ2n) is 7.43. The van der Waals surface area contributed by atoms with Gasteiger partial charge in [0.2, 0.25) is 0 Å². The van der Waals surface area contributed by atoms with E-state index < -0.39 is 9.84 Å². The summed E-state index contributed by atoms with van der Waals surface area (Å²) in [5.41, 5.74) is 3.03. The smallest absolute Gasteiger partial charge is 0.261 e. The SMILES string of the molecule is CS(=O)(=O)c1ccc(Cn2cnc3ccc(C#CCc4ccc(Cl)cc4)cc3c2=O)cc1. The van der Waals surface area contributed by atoms with Crippen LogP contribution in [-0.2, 0) is 22.8 Å². The molecule has 0 aliphatic rings. The van der Waals surface area contributed by atoms with E-state index in [-0.39, 0.29) is 17.0 Å². The van der Waals surface area contributed by atoms with Crippen molar-refractivity contribution in [2.24, 2.45) is 0 Å². The van der Waals surface area contributed by atoms with Crippen molar-refractivity contribution in [1.29, 1.82) is 0 Å². The van der Waals surface area contributed by atoms with E-state index in [0.717, 1.165) is 22.9 Å². The Morgan fingerprint density at radius 3 is 2.34 bits per heavy atom. The van der Waals surface area contributed by atoms with Crippen LogP contribution in [0.25, 0.3) is 10.9 Å². The van der Waals surface area contributed by atoms with Gasteiger partial charge in [-0.15, -0.1) is 0 Å². The number of aromatic nitrogens is 2. The first-order valence-electron chi connectivity index (χ1n) is 9.81. The molecule has 0 unspecified atom stereocenters. The molecular formula is C25H19ClN2O3S. The number of nitrogens with zero attached hydrogens (tertiary/aromatic N) is 2. The molecule has 0 atom stereocenters. The zero-order chi connectivity index (χ0) is 22.7. The van der Waals surface area contributed by atoms with E-state index in [2.05, 4.69) is 16.8 Å². The third-order valence-electron chi connectivity index (χ3n) is 4.97. The van der Waals surface area contributed by atoms with Crippen LogP contribution in [0.1, 0.15) is 16.7 Å². The Labute approximate surface area is 191 Å². The molecule has 4 rings (SSSR count). The predicted octanol–water partition coefficient (Wildman–Crippen LogP) is 4.10. The fraction of sp³-hybridized carbons (Fsp3) is 0.120. The van der Waals surface area contributed by atoms with Crippen molar-refractivity contribution in [3.63, 3.8) is 0 Å². The molecule has 1 heterocycles. The molecule has 5 nitrogen and oxygen atoms in total. The second-order valence-corrected chi connectivity index (χ2v) is 9.88. The van der Waals surface area contributed by atoms with Crippen LogP contribution >= 0.6 is 11.6 Å². The third kappa shape index (κ3) is 5.08. The summed E-state index contributed by atoms with van der Waals surface area (Å²) in [6.45, 7) is 0.290. The van der Waals surface area contributed by atoms with Gasteiger partial charge in [0, 0.05) is 23.3 Å². The molecule has 0 spiro atoms. The molecule has 0 N–H and O–H groups in total. The van der Waals surface area contributed by atoms with E-state index in [9.17, 15) is 13.2 Å². The highest BCUT2D eigenvalue weighted by Crippen LogP contribution is 2.13. The molecule has 0 saturated heterocycles. The van der Waals surface area contributed by atoms with Crippen molar-refractivity contribution in [2.45, 2.75) is 17.9 Å². The van der Waals surface area contributed by atoms with E-state index in [0.29, 0.717) is 22.3 Å². The van der Waals surface area contributed by atoms with Crippen LogP contribution in [0.2, 0.25) is 5.02 Å². The zero-order valence-electron chi connectivity index (χ0n) is 17.2. The van der Waals surface area contributed by atoms with Crippen LogP contribution < -0.4 is 5.56 Å². The van der Waals surface area contributed by atoms with E-state index >= 15 is 0 Å². The van der Waals surface area contributed by atoms with Gasteiger partial charge in [-0.2, -0.15) is 0 Å². The number of sulfone groups is 1. The molecule has 0 aliphatic heterocycles. The monoisotopic (exact) mass is 462 g/mol. The molecule has 7 heteroatoms. The van der Waals surface area contributed by atoms with E-state index in [1.165, 1.54) is 10.9 Å². The summed E-state index contributed by atoms with van der Waals surface area (Å²) in [5.74, 6) is 6.22. The van der Waals surface area contributed by atoms with Crippen LogP contribution in [0.5, 0.6) is 0 Å². The van der Waals surface area contributed by atoms with Crippen LogP contribution in [0.3, 0.4) is 0 Å². The second kappa shape index (κ2) is 8.99. The van der Waals surface area contributed by atoms with Crippen molar-refractivity contribution < 1.29 is 8.42 Å². The molecule has 0 radical (unpaired) electrons. The maximum absolute atomic E-state index is 13.0. The normalized spacial score (nSPS) is 11.2. The average molecular weight is 463 g/mol. The summed E-state index contributed by atoms with van der Waals surface area (Å²) in [7, 11) is -3.26. The zero-order valence-corrected chi connectivity index (χ0v) is 18.8. The molecule has 0 fully saturated rings. The maximum atomic E-state index is 13.0. The fourth-order valence-corrected chi connectivity index (χ4v) is 4.00. The van der Waals surface area contributed by atoms with Crippen molar-refractivity contribution in [1.82, 2.24) is 9.55 Å². The Hall–Kier alpha value is -3.40. The molecule has 0 saturated carbocycles. The van der Waals surface area contributed by atoms with E-state index in [4.69, 9.17) is 11.6 Å². The molecule has 32 heavy (non-hydrogen) atoms. The molecular weight excluding hydrogens is 444 g/mol. The van der Waals surface area contributed by atoms with Gasteiger partial charge in [-0.25, -0.2) is 13.4 Å². The summed E-state index contributed by atoms with van der Waals surface area (Å²) < 4.78 is 24.7. The summed E-state index contributed by atoms with van der Waals surface area (Å²) in [4.78, 5) is 17.6. The number of hydrogen-bond donors (Lipinski definition) is 0. The first-order chi connectivity index (χ1) is 15.3. The van der Waals surface area contributed by atoms with Gasteiger partial charge in [-0.3, -0.25) is 9.36 Å². The standard InChI is InChI=1S/C25H19ClN2O3S/c1-32(30,31)22-12-7-20(8-13-22)16-28-17-27-24-14-9-19(15-23(24)25(28)29)4-2-3-18-5-10-21(26)11-6-18/h5-15,17H,3,16H2,1H3. The minimum Gasteiger partial charge on any atom is -0.294 e. The molecule has 0 amide bonds. The van der Waals surface area contributed by atoms with Crippen LogP contribution in [0, 0.1) is 11.8 Å². The summed E-state index contributed by atoms with van der Waals surface area (Å²) >= 11 is 5.90. The Balaban J connectivity index is 1.58. The van der Waals surface area contributed by atoms with Gasteiger partial charge in [-0.1, -0.05) is 47.7 Å². The highest BCUT2D eigenvalue weighted by molar-refractivity contribution is 7.90. The predicted molar refractivity (Wildman–Crippen MR) is 127 cm³/mol. The molecule has 0 aliphatic carbocycles. The van der Waals surface area contributed by atoms with E-state index in [1.807, 2.05) is 30.3 Å². The number of halogens is 1. The minimum atomic E-state index is -3.26.